The number of aromatic nitrogens is 1. The number of nitrogens with zero attached hydrogens (tertiary/aromatic N) is 1. The molecule has 1 aromatic heterocycles. The molecule has 0 aliphatic heterocycles. The lowest BCUT2D eigenvalue weighted by atomic mass is 10.1. The molecule has 0 spiro atoms. The number of hydrogen-bond donors (Lipinski definition) is 1. The number of benzene rings is 2. The number of aryl methyl sites for hydroxylation is 2. The molecule has 1 atom stereocenters. The van der Waals surface area contributed by atoms with E-state index in [9.17, 15) is 9.59 Å². The van der Waals surface area contributed by atoms with Crippen LogP contribution in [0.3, 0.4) is 0 Å². The lowest BCUT2D eigenvalue weighted by Crippen LogP contribution is -2.30. The van der Waals surface area contributed by atoms with Crippen LogP contribution in [0.2, 0.25) is 0 Å². The summed E-state index contributed by atoms with van der Waals surface area (Å²) >= 11 is 0. The van der Waals surface area contributed by atoms with Crippen LogP contribution in [0.1, 0.15) is 29.5 Å². The third-order valence-corrected chi connectivity index (χ3v) is 5.16. The highest BCUT2D eigenvalue weighted by molar-refractivity contribution is 5.95. The van der Waals surface area contributed by atoms with E-state index >= 15 is 0 Å². The fraction of sp³-hybridized carbons (Fsp3) is 0.320. The fourth-order valence-electron chi connectivity index (χ4n) is 3.18. The molecule has 2 aromatic carbocycles. The summed E-state index contributed by atoms with van der Waals surface area (Å²) in [6.45, 7) is 5.55. The molecule has 3 rings (SSSR count). The van der Waals surface area contributed by atoms with Crippen LogP contribution in [0.5, 0.6) is 17.2 Å². The smallest absolute Gasteiger partial charge is 0.311 e. The number of carbonyl (C=O) groups is 2. The van der Waals surface area contributed by atoms with Gasteiger partial charge in [-0.05, 0) is 50.6 Å². The molecule has 3 aromatic rings. The van der Waals surface area contributed by atoms with Gasteiger partial charge in [0.05, 0.1) is 31.9 Å². The Hall–Kier alpha value is -4.01. The molecule has 0 fully saturated rings. The number of amides is 1. The predicted molar refractivity (Wildman–Crippen MR) is 124 cm³/mol. The summed E-state index contributed by atoms with van der Waals surface area (Å²) in [5.74, 6) is 1.42. The minimum atomic E-state index is -0.974. The lowest BCUT2D eigenvalue weighted by molar-refractivity contribution is -0.152. The van der Waals surface area contributed by atoms with Gasteiger partial charge in [-0.2, -0.15) is 0 Å². The highest BCUT2D eigenvalue weighted by atomic mass is 16.5. The lowest BCUT2D eigenvalue weighted by Gasteiger charge is -2.15. The number of nitrogens with one attached hydrogen (secondary N) is 1. The van der Waals surface area contributed by atoms with Crippen molar-refractivity contribution in [1.29, 1.82) is 0 Å². The standard InChI is InChI=1S/C25H28N2O7/c1-15-21(16(2)34-27-15)14-32-20-9-6-18(7-10-20)12-24(28)33-17(3)25(29)26-19-8-11-22(30-4)23(13-19)31-5/h6-11,13,17H,12,14H2,1-5H3,(H,26,29). The maximum atomic E-state index is 12.4. The second kappa shape index (κ2) is 11.2. The summed E-state index contributed by atoms with van der Waals surface area (Å²) in [4.78, 5) is 24.7. The summed E-state index contributed by atoms with van der Waals surface area (Å²) in [5, 5.41) is 6.60. The summed E-state index contributed by atoms with van der Waals surface area (Å²) in [6.07, 6.45) is -0.948. The first-order chi connectivity index (χ1) is 16.3. The van der Waals surface area contributed by atoms with E-state index in [1.54, 1.807) is 42.5 Å². The highest BCUT2D eigenvalue weighted by Gasteiger charge is 2.19. The molecule has 1 N–H and O–H groups in total. The van der Waals surface area contributed by atoms with Crippen LogP contribution < -0.4 is 19.5 Å². The summed E-state index contributed by atoms with van der Waals surface area (Å²) in [6, 6.07) is 12.1. The van der Waals surface area contributed by atoms with Crippen molar-refractivity contribution in [2.24, 2.45) is 0 Å². The number of ether oxygens (including phenoxy) is 4. The van der Waals surface area contributed by atoms with E-state index < -0.39 is 18.0 Å². The Morgan fingerprint density at radius 2 is 1.74 bits per heavy atom. The van der Waals surface area contributed by atoms with Gasteiger partial charge in [-0.15, -0.1) is 0 Å². The average molecular weight is 469 g/mol. The van der Waals surface area contributed by atoms with Gasteiger partial charge in [0.1, 0.15) is 18.1 Å². The van der Waals surface area contributed by atoms with Crippen LogP contribution in [0.25, 0.3) is 0 Å². The predicted octanol–water partition coefficient (Wildman–Crippen LogP) is 4.00. The highest BCUT2D eigenvalue weighted by Crippen LogP contribution is 2.29. The molecule has 34 heavy (non-hydrogen) atoms. The Morgan fingerprint density at radius 1 is 1.03 bits per heavy atom. The van der Waals surface area contributed by atoms with Gasteiger partial charge in [-0.1, -0.05) is 17.3 Å². The first-order valence-electron chi connectivity index (χ1n) is 10.7. The molecular weight excluding hydrogens is 440 g/mol. The molecule has 1 amide bonds. The molecule has 1 heterocycles. The van der Waals surface area contributed by atoms with Crippen LogP contribution >= 0.6 is 0 Å². The number of carbonyl (C=O) groups excluding carboxylic acids is 2. The summed E-state index contributed by atoms with van der Waals surface area (Å²) in [7, 11) is 3.03. The zero-order valence-electron chi connectivity index (χ0n) is 19.8. The molecule has 1 unspecified atom stereocenters. The maximum Gasteiger partial charge on any atom is 0.311 e. The maximum absolute atomic E-state index is 12.4. The Morgan fingerprint density at radius 3 is 2.35 bits per heavy atom. The van der Waals surface area contributed by atoms with Crippen molar-refractivity contribution in [2.75, 3.05) is 19.5 Å². The quantitative estimate of drug-likeness (QED) is 0.445. The number of anilines is 1. The third kappa shape index (κ3) is 6.28. The zero-order chi connectivity index (χ0) is 24.7. The van der Waals surface area contributed by atoms with Crippen LogP contribution in [0.4, 0.5) is 5.69 Å². The Bertz CT molecular complexity index is 1120. The molecule has 0 saturated carbocycles. The van der Waals surface area contributed by atoms with Crippen molar-refractivity contribution in [3.05, 3.63) is 65.0 Å². The minimum absolute atomic E-state index is 0.0259. The fourth-order valence-corrected chi connectivity index (χ4v) is 3.18. The molecule has 0 saturated heterocycles. The van der Waals surface area contributed by atoms with Crippen molar-refractivity contribution in [3.8, 4) is 17.2 Å². The van der Waals surface area contributed by atoms with Gasteiger partial charge in [0.25, 0.3) is 5.91 Å². The molecule has 0 aliphatic rings. The average Bonchev–Trinajstić information content (AvgIpc) is 3.15. The minimum Gasteiger partial charge on any atom is -0.493 e. The Kier molecular flexibility index (Phi) is 8.13. The number of methoxy groups -OCH3 is 2. The van der Waals surface area contributed by atoms with Crippen LogP contribution in [0, 0.1) is 13.8 Å². The molecule has 9 heteroatoms. The molecule has 0 bridgehead atoms. The number of rotatable bonds is 10. The molecule has 180 valence electrons. The Labute approximate surface area is 197 Å². The van der Waals surface area contributed by atoms with E-state index in [1.807, 2.05) is 13.8 Å². The van der Waals surface area contributed by atoms with Gasteiger partial charge in [-0.3, -0.25) is 9.59 Å². The number of hydrogen-bond acceptors (Lipinski definition) is 8. The van der Waals surface area contributed by atoms with Gasteiger partial charge in [0.2, 0.25) is 0 Å². The first kappa shape index (κ1) is 24.6. The number of esters is 1. The van der Waals surface area contributed by atoms with Crippen LogP contribution in [0.15, 0.2) is 47.0 Å². The van der Waals surface area contributed by atoms with Crippen molar-refractivity contribution in [1.82, 2.24) is 5.16 Å². The van der Waals surface area contributed by atoms with E-state index in [0.29, 0.717) is 29.5 Å². The van der Waals surface area contributed by atoms with Crippen molar-refractivity contribution < 1.29 is 33.1 Å². The van der Waals surface area contributed by atoms with Gasteiger partial charge >= 0.3 is 5.97 Å². The van der Waals surface area contributed by atoms with Gasteiger partial charge in [-0.25, -0.2) is 0 Å². The van der Waals surface area contributed by atoms with E-state index in [0.717, 1.165) is 22.6 Å². The zero-order valence-corrected chi connectivity index (χ0v) is 19.8. The van der Waals surface area contributed by atoms with Crippen molar-refractivity contribution >= 4 is 17.6 Å². The second-order valence-corrected chi connectivity index (χ2v) is 7.60. The van der Waals surface area contributed by atoms with Gasteiger partial charge < -0.3 is 28.8 Å². The largest absolute Gasteiger partial charge is 0.493 e. The van der Waals surface area contributed by atoms with Crippen LogP contribution in [-0.2, 0) is 27.4 Å². The summed E-state index contributed by atoms with van der Waals surface area (Å²) in [5.41, 5.74) is 2.94. The molecular formula is C25H28N2O7. The molecule has 0 radical (unpaired) electrons. The normalized spacial score (nSPS) is 11.4. The van der Waals surface area contributed by atoms with E-state index in [2.05, 4.69) is 10.5 Å². The van der Waals surface area contributed by atoms with E-state index in [4.69, 9.17) is 23.5 Å². The van der Waals surface area contributed by atoms with E-state index in [-0.39, 0.29) is 6.42 Å². The molecule has 0 aliphatic carbocycles. The van der Waals surface area contributed by atoms with Gasteiger partial charge in [0, 0.05) is 11.8 Å². The van der Waals surface area contributed by atoms with Crippen molar-refractivity contribution in [2.45, 2.75) is 39.9 Å². The van der Waals surface area contributed by atoms with E-state index in [1.165, 1.54) is 21.1 Å². The second-order valence-electron chi connectivity index (χ2n) is 7.60. The van der Waals surface area contributed by atoms with Gasteiger partial charge in [0.15, 0.2) is 17.6 Å². The SMILES string of the molecule is COc1ccc(NC(=O)C(C)OC(=O)Cc2ccc(OCc3c(C)noc3C)cc2)cc1OC. The Balaban J connectivity index is 1.49. The molecule has 9 nitrogen and oxygen atoms in total. The van der Waals surface area contributed by atoms with Crippen LogP contribution in [-0.4, -0.2) is 37.4 Å². The summed E-state index contributed by atoms with van der Waals surface area (Å²) < 4.78 is 26.6. The third-order valence-electron chi connectivity index (χ3n) is 5.16. The van der Waals surface area contributed by atoms with Crippen molar-refractivity contribution in [3.63, 3.8) is 0 Å². The topological polar surface area (TPSA) is 109 Å². The monoisotopic (exact) mass is 468 g/mol. The first-order valence-corrected chi connectivity index (χ1v) is 10.7.